The van der Waals surface area contributed by atoms with Gasteiger partial charge in [0.25, 0.3) is 11.8 Å². The second-order valence-electron chi connectivity index (χ2n) is 15.0. The normalized spacial score (nSPS) is 25.2. The van der Waals surface area contributed by atoms with Crippen LogP contribution in [0, 0.1) is 23.7 Å². The molecule has 0 unspecified atom stereocenters. The number of rotatable bonds is 6. The molecule has 4 aromatic carbocycles. The lowest BCUT2D eigenvalue weighted by molar-refractivity contribution is -0.139. The van der Waals surface area contributed by atoms with Crippen molar-refractivity contribution in [1.82, 2.24) is 9.99 Å². The lowest BCUT2D eigenvalue weighted by Gasteiger charge is -2.51. The van der Waals surface area contributed by atoms with Crippen LogP contribution in [0.15, 0.2) is 109 Å². The largest absolute Gasteiger partial charge is 0.507 e. The lowest BCUT2D eigenvalue weighted by atomic mass is 9.49. The minimum Gasteiger partial charge on any atom is -0.507 e. The lowest BCUT2D eigenvalue weighted by Crippen LogP contribution is -2.53. The van der Waals surface area contributed by atoms with E-state index in [1.54, 1.807) is 54.6 Å². The van der Waals surface area contributed by atoms with Gasteiger partial charge >= 0.3 is 12.1 Å². The number of hydrazine groups is 1. The number of halogens is 5. The Morgan fingerprint density at radius 3 is 2.29 bits per heavy atom. The van der Waals surface area contributed by atoms with Crippen LogP contribution in [0.4, 0.5) is 24.7 Å². The van der Waals surface area contributed by atoms with Gasteiger partial charge in [0.05, 0.1) is 45.0 Å². The van der Waals surface area contributed by atoms with Gasteiger partial charge in [-0.25, -0.2) is 9.78 Å². The zero-order chi connectivity index (χ0) is 41.7. The van der Waals surface area contributed by atoms with E-state index in [1.807, 2.05) is 6.08 Å². The molecule has 3 fully saturated rings. The number of hydrogen-bond donors (Lipinski definition) is 3. The van der Waals surface area contributed by atoms with Gasteiger partial charge in [-0.15, -0.1) is 0 Å². The molecular formula is C43H29Cl2F3N4O7. The highest BCUT2D eigenvalue weighted by atomic mass is 35.5. The highest BCUT2D eigenvalue weighted by Gasteiger charge is 2.70. The van der Waals surface area contributed by atoms with Crippen LogP contribution in [0.1, 0.15) is 45.8 Å². The first-order valence-corrected chi connectivity index (χ1v) is 19.1. The summed E-state index contributed by atoms with van der Waals surface area (Å²) in [4.78, 5) is 76.0. The molecule has 2 aliphatic carbocycles. The van der Waals surface area contributed by atoms with Crippen molar-refractivity contribution in [3.05, 3.63) is 141 Å². The molecule has 11 nitrogen and oxygen atoms in total. The molecular weight excluding hydrogens is 812 g/mol. The maximum atomic E-state index is 15.5. The molecule has 5 aromatic rings. The summed E-state index contributed by atoms with van der Waals surface area (Å²) in [6.45, 7) is 0. The van der Waals surface area contributed by atoms with E-state index in [-0.39, 0.29) is 29.8 Å². The summed E-state index contributed by atoms with van der Waals surface area (Å²) in [6.07, 6.45) is -2.48. The number of carbonyl (C=O) groups is 5. The predicted octanol–water partition coefficient (Wildman–Crippen LogP) is 8.15. The number of imide groups is 2. The van der Waals surface area contributed by atoms with Crippen molar-refractivity contribution in [2.75, 3.05) is 10.3 Å². The third kappa shape index (κ3) is 5.71. The van der Waals surface area contributed by atoms with Gasteiger partial charge in [-0.2, -0.15) is 18.2 Å². The number of carbonyl (C=O) groups excluding carboxylic acids is 4. The molecule has 3 heterocycles. The number of alkyl halides is 3. The van der Waals surface area contributed by atoms with Crippen LogP contribution < -0.4 is 10.3 Å². The smallest absolute Gasteiger partial charge is 0.417 e. The zero-order valence-electron chi connectivity index (χ0n) is 30.3. The Hall–Kier alpha value is -6.25. The molecule has 298 valence electrons. The number of carboxylic acids is 1. The van der Waals surface area contributed by atoms with Crippen LogP contribution in [0.5, 0.6) is 5.75 Å². The Morgan fingerprint density at radius 2 is 1.59 bits per heavy atom. The third-order valence-corrected chi connectivity index (χ3v) is 12.7. The molecule has 0 bridgehead atoms. The molecule has 4 amide bonds. The molecule has 1 saturated carbocycles. The fourth-order valence-electron chi connectivity index (χ4n) is 9.72. The van der Waals surface area contributed by atoms with Crippen LogP contribution in [0.2, 0.25) is 10.0 Å². The highest BCUT2D eigenvalue weighted by molar-refractivity contribution is 6.33. The van der Waals surface area contributed by atoms with E-state index in [2.05, 4.69) is 10.4 Å². The molecule has 3 N–H and O–H groups in total. The van der Waals surface area contributed by atoms with Gasteiger partial charge in [-0.3, -0.25) is 29.5 Å². The first kappa shape index (κ1) is 38.3. The Kier molecular flexibility index (Phi) is 8.87. The molecule has 1 aromatic heterocycles. The number of aromatic hydroxyl groups is 1. The first-order chi connectivity index (χ1) is 28.1. The summed E-state index contributed by atoms with van der Waals surface area (Å²) in [5, 5.41) is 22.2. The fraction of sp³-hybridized carbons (Fsp3) is 0.209. The average molecular weight is 842 g/mol. The molecule has 2 saturated heterocycles. The third-order valence-electron chi connectivity index (χ3n) is 12.2. The Balaban J connectivity index is 1.25. The maximum absolute atomic E-state index is 15.5. The summed E-state index contributed by atoms with van der Waals surface area (Å²) in [5.74, 6) is -9.46. The Bertz CT molecular complexity index is 2710. The van der Waals surface area contributed by atoms with Crippen molar-refractivity contribution in [3.8, 4) is 5.75 Å². The van der Waals surface area contributed by atoms with Crippen molar-refractivity contribution in [2.45, 2.75) is 30.4 Å². The summed E-state index contributed by atoms with van der Waals surface area (Å²) in [6, 6.07) is 22.5. The SMILES string of the molecule is O=C(O)c1cccc(N2C(=O)[C@H]3[C@H](CC=C4[C@H]3C[C@H]3C(=O)N(Nc5ncc(C(F)(F)F)cc5Cl)C(=O)[C@@]3(c3ccc(Cl)cc3)[C@H]4c3ccc(O)c4ccccc34)C2=O)c1. The number of aromatic nitrogens is 1. The summed E-state index contributed by atoms with van der Waals surface area (Å²) in [7, 11) is 0. The quantitative estimate of drug-likeness (QED) is 0.113. The molecule has 59 heavy (non-hydrogen) atoms. The van der Waals surface area contributed by atoms with Crippen LogP contribution in [0.3, 0.4) is 0 Å². The number of pyridine rings is 1. The number of phenolic OH excluding ortho intramolecular Hbond substituents is 1. The van der Waals surface area contributed by atoms with E-state index in [9.17, 15) is 37.8 Å². The average Bonchev–Trinajstić information content (AvgIpc) is 3.59. The number of carboxylic acid groups (broad SMARTS) is 1. The van der Waals surface area contributed by atoms with Crippen LogP contribution in [-0.2, 0) is 30.8 Å². The van der Waals surface area contributed by atoms with Crippen molar-refractivity contribution in [2.24, 2.45) is 23.7 Å². The van der Waals surface area contributed by atoms with Gasteiger partial charge in [-0.1, -0.05) is 83.4 Å². The topological polar surface area (TPSA) is 157 Å². The van der Waals surface area contributed by atoms with E-state index in [1.165, 1.54) is 30.3 Å². The number of phenols is 1. The number of anilines is 2. The number of nitrogens with zero attached hydrogens (tertiary/aromatic N) is 3. The van der Waals surface area contributed by atoms with Gasteiger partial charge in [-0.05, 0) is 77.7 Å². The van der Waals surface area contributed by atoms with Gasteiger partial charge in [0.1, 0.15) is 5.75 Å². The number of amides is 4. The highest BCUT2D eigenvalue weighted by Crippen LogP contribution is 2.65. The summed E-state index contributed by atoms with van der Waals surface area (Å²) in [5.41, 5.74) is 1.08. The van der Waals surface area contributed by atoms with Gasteiger partial charge in [0.15, 0.2) is 5.82 Å². The minimum atomic E-state index is -4.78. The van der Waals surface area contributed by atoms with Crippen molar-refractivity contribution in [3.63, 3.8) is 0 Å². The van der Waals surface area contributed by atoms with Crippen LogP contribution in [-0.4, -0.2) is 49.8 Å². The molecule has 4 aliphatic rings. The van der Waals surface area contributed by atoms with E-state index in [4.69, 9.17) is 23.2 Å². The molecule has 2 aliphatic heterocycles. The standard InChI is InChI=1S/C43H29Cl2F3N4O7/c44-23-10-8-21(9-11-23)42-31(38(55)52(41(42)59)50-36-32(45)17-22(19-49-36)43(46,47)48)18-30-28(35(42)27-14-15-33(53)26-7-2-1-6-25(26)27)12-13-29-34(30)39(56)51(37(29)54)24-5-3-4-20(16-24)40(57)58/h1-12,14-17,19,29-31,34-35,53H,13,18H2,(H,49,50)(H,57,58)/t29-,30+,31-,34-,35-,42+/m0/s1. The Morgan fingerprint density at radius 1 is 0.864 bits per heavy atom. The van der Waals surface area contributed by atoms with Crippen LogP contribution in [0.25, 0.3) is 10.8 Å². The molecule has 16 heteroatoms. The minimum absolute atomic E-state index is 0.0533. The number of fused-ring (bicyclic) bond motifs is 5. The zero-order valence-corrected chi connectivity index (χ0v) is 31.8. The number of allylic oxidation sites excluding steroid dienone is 2. The van der Waals surface area contributed by atoms with E-state index in [0.29, 0.717) is 49.8 Å². The molecule has 6 atom stereocenters. The number of nitrogens with one attached hydrogen (secondary N) is 1. The van der Waals surface area contributed by atoms with Crippen LogP contribution >= 0.6 is 23.2 Å². The summed E-state index contributed by atoms with van der Waals surface area (Å²) >= 11 is 12.7. The van der Waals surface area contributed by atoms with E-state index < -0.39 is 87.2 Å². The molecule has 9 rings (SSSR count). The van der Waals surface area contributed by atoms with E-state index in [0.717, 1.165) is 4.90 Å². The number of aromatic carboxylic acids is 1. The summed E-state index contributed by atoms with van der Waals surface area (Å²) < 4.78 is 40.7. The second-order valence-corrected chi connectivity index (χ2v) is 15.8. The molecule has 0 spiro atoms. The van der Waals surface area contributed by atoms with Crippen molar-refractivity contribution in [1.29, 1.82) is 0 Å². The Labute approximate surface area is 342 Å². The van der Waals surface area contributed by atoms with Crippen molar-refractivity contribution >= 4 is 75.1 Å². The number of hydrogen-bond acceptors (Lipinski definition) is 8. The van der Waals surface area contributed by atoms with Gasteiger partial charge < -0.3 is 10.2 Å². The van der Waals surface area contributed by atoms with Crippen molar-refractivity contribution < 1.29 is 47.4 Å². The van der Waals surface area contributed by atoms with Gasteiger partial charge in [0.2, 0.25) is 11.8 Å². The van der Waals surface area contributed by atoms with E-state index >= 15 is 9.59 Å². The fourth-order valence-corrected chi connectivity index (χ4v) is 10.1. The maximum Gasteiger partial charge on any atom is 0.417 e. The number of benzene rings is 4. The molecule has 0 radical (unpaired) electrons. The first-order valence-electron chi connectivity index (χ1n) is 18.4. The monoisotopic (exact) mass is 840 g/mol. The predicted molar refractivity (Wildman–Crippen MR) is 208 cm³/mol. The second kappa shape index (κ2) is 13.7. The van der Waals surface area contributed by atoms with Gasteiger partial charge in [0, 0.05) is 22.5 Å².